The van der Waals surface area contributed by atoms with Crippen molar-refractivity contribution in [3.63, 3.8) is 0 Å². The summed E-state index contributed by atoms with van der Waals surface area (Å²) in [6, 6.07) is 0. The van der Waals surface area contributed by atoms with E-state index in [1.165, 1.54) is 7.11 Å². The van der Waals surface area contributed by atoms with E-state index in [-0.39, 0.29) is 13.2 Å². The Balaban J connectivity index is 2.24. The Morgan fingerprint density at radius 3 is 2.44 bits per heavy atom. The largest absolute Gasteiger partial charge is 0.382 e. The van der Waals surface area contributed by atoms with Crippen molar-refractivity contribution in [2.45, 2.75) is 0 Å². The molecule has 7 nitrogen and oxygen atoms in total. The first kappa shape index (κ1) is 12.3. The van der Waals surface area contributed by atoms with Gasteiger partial charge in [0, 0.05) is 19.3 Å². The summed E-state index contributed by atoms with van der Waals surface area (Å²) in [5.41, 5.74) is 0. The van der Waals surface area contributed by atoms with Crippen molar-refractivity contribution in [1.82, 2.24) is 5.06 Å². The van der Waals surface area contributed by atoms with E-state index in [1.54, 1.807) is 0 Å². The van der Waals surface area contributed by atoms with Crippen LogP contribution in [0.25, 0.3) is 0 Å². The fourth-order valence-electron chi connectivity index (χ4n) is 0.902. The number of imide groups is 1. The number of carbonyl (C=O) groups excluding carboxylic acids is 3. The average molecular weight is 229 g/mol. The van der Waals surface area contributed by atoms with Gasteiger partial charge in [-0.05, 0) is 0 Å². The maximum atomic E-state index is 11.1. The molecule has 7 heteroatoms. The molecular formula is C9H11NO6. The second-order valence-corrected chi connectivity index (χ2v) is 2.81. The Hall–Kier alpha value is -1.73. The van der Waals surface area contributed by atoms with Crippen LogP contribution < -0.4 is 0 Å². The lowest BCUT2D eigenvalue weighted by Gasteiger charge is -2.12. The highest BCUT2D eigenvalue weighted by Gasteiger charge is 2.27. The van der Waals surface area contributed by atoms with E-state index in [4.69, 9.17) is 4.74 Å². The molecular weight excluding hydrogens is 218 g/mol. The molecule has 0 radical (unpaired) electrons. The summed E-state index contributed by atoms with van der Waals surface area (Å²) in [5, 5.41) is 0.377. The van der Waals surface area contributed by atoms with Crippen LogP contribution in [0.3, 0.4) is 0 Å². The zero-order valence-electron chi connectivity index (χ0n) is 8.67. The van der Waals surface area contributed by atoms with Crippen molar-refractivity contribution in [2.75, 3.05) is 26.9 Å². The van der Waals surface area contributed by atoms with Gasteiger partial charge in [-0.1, -0.05) is 5.06 Å². The summed E-state index contributed by atoms with van der Waals surface area (Å²) in [7, 11) is 1.49. The molecule has 88 valence electrons. The summed E-state index contributed by atoms with van der Waals surface area (Å²) in [6.07, 6.45) is 2.03. The molecule has 0 N–H and O–H groups in total. The van der Waals surface area contributed by atoms with Gasteiger partial charge in [-0.25, -0.2) is 4.79 Å². The van der Waals surface area contributed by atoms with Crippen molar-refractivity contribution < 1.29 is 28.7 Å². The van der Waals surface area contributed by atoms with Gasteiger partial charge in [0.2, 0.25) is 0 Å². The predicted molar refractivity (Wildman–Crippen MR) is 49.8 cm³/mol. The molecule has 0 saturated heterocycles. The number of methoxy groups -OCH3 is 1. The van der Waals surface area contributed by atoms with Crippen LogP contribution in [0, 0.1) is 0 Å². The van der Waals surface area contributed by atoms with Crippen molar-refractivity contribution >= 4 is 17.8 Å². The van der Waals surface area contributed by atoms with Crippen molar-refractivity contribution in [3.05, 3.63) is 12.2 Å². The number of rotatable bonds is 6. The number of hydrogen-bond donors (Lipinski definition) is 0. The third-order valence-corrected chi connectivity index (χ3v) is 1.61. The van der Waals surface area contributed by atoms with E-state index in [1.807, 2.05) is 0 Å². The predicted octanol–water partition coefficient (Wildman–Crippen LogP) is -0.967. The van der Waals surface area contributed by atoms with Crippen molar-refractivity contribution in [2.24, 2.45) is 0 Å². The highest BCUT2D eigenvalue weighted by molar-refractivity contribution is 6.12. The van der Waals surface area contributed by atoms with Gasteiger partial charge in [-0.15, -0.1) is 0 Å². The summed E-state index contributed by atoms with van der Waals surface area (Å²) >= 11 is 0. The average Bonchev–Trinajstić information content (AvgIpc) is 2.56. The molecule has 0 aromatic heterocycles. The Bertz CT molecular complexity index is 306. The standard InChI is InChI=1S/C9H11NO6/c1-14-4-5-15-6-9(13)16-10-7(11)2-3-8(10)12/h2-3H,4-6H2,1H3. The lowest BCUT2D eigenvalue weighted by Crippen LogP contribution is -2.34. The van der Waals surface area contributed by atoms with Crippen molar-refractivity contribution in [1.29, 1.82) is 0 Å². The van der Waals surface area contributed by atoms with E-state index in [2.05, 4.69) is 9.57 Å². The topological polar surface area (TPSA) is 82.1 Å². The van der Waals surface area contributed by atoms with Gasteiger partial charge < -0.3 is 14.3 Å². The smallest absolute Gasteiger partial charge is 0.358 e. The third kappa shape index (κ3) is 3.44. The normalized spacial score (nSPS) is 14.7. The second-order valence-electron chi connectivity index (χ2n) is 2.81. The lowest BCUT2D eigenvalue weighted by atomic mass is 10.6. The minimum atomic E-state index is -0.818. The molecule has 0 saturated carbocycles. The summed E-state index contributed by atoms with van der Waals surface area (Å²) in [4.78, 5) is 37.5. The highest BCUT2D eigenvalue weighted by atomic mass is 16.7. The number of carbonyl (C=O) groups is 3. The first-order chi connectivity index (χ1) is 7.65. The van der Waals surface area contributed by atoms with Crippen LogP contribution in [0.4, 0.5) is 0 Å². The van der Waals surface area contributed by atoms with E-state index in [0.29, 0.717) is 11.7 Å². The molecule has 1 aliphatic rings. The van der Waals surface area contributed by atoms with E-state index in [0.717, 1.165) is 12.2 Å². The molecule has 2 amide bonds. The van der Waals surface area contributed by atoms with E-state index in [9.17, 15) is 14.4 Å². The Labute approximate surface area is 91.5 Å². The molecule has 1 heterocycles. The SMILES string of the molecule is COCCOCC(=O)ON1C(=O)C=CC1=O. The van der Waals surface area contributed by atoms with Crippen LogP contribution in [0.5, 0.6) is 0 Å². The molecule has 1 aliphatic heterocycles. The monoisotopic (exact) mass is 229 g/mol. The van der Waals surface area contributed by atoms with Crippen LogP contribution in [0.15, 0.2) is 12.2 Å². The Kier molecular flexibility index (Phi) is 4.62. The van der Waals surface area contributed by atoms with Crippen LogP contribution >= 0.6 is 0 Å². The molecule has 0 atom stereocenters. The number of hydroxylamine groups is 2. The van der Waals surface area contributed by atoms with Crippen LogP contribution in [0.2, 0.25) is 0 Å². The molecule has 0 spiro atoms. The van der Waals surface area contributed by atoms with Crippen LogP contribution in [-0.2, 0) is 28.7 Å². The van der Waals surface area contributed by atoms with Crippen LogP contribution in [-0.4, -0.2) is 49.8 Å². The Morgan fingerprint density at radius 2 is 1.88 bits per heavy atom. The van der Waals surface area contributed by atoms with Gasteiger partial charge in [0.25, 0.3) is 11.8 Å². The number of nitrogens with zero attached hydrogens (tertiary/aromatic N) is 1. The maximum absolute atomic E-state index is 11.1. The van der Waals surface area contributed by atoms with Gasteiger partial charge in [0.1, 0.15) is 6.61 Å². The fourth-order valence-corrected chi connectivity index (χ4v) is 0.902. The highest BCUT2D eigenvalue weighted by Crippen LogP contribution is 2.04. The van der Waals surface area contributed by atoms with Gasteiger partial charge >= 0.3 is 5.97 Å². The minimum Gasteiger partial charge on any atom is -0.382 e. The quantitative estimate of drug-likeness (QED) is 0.430. The molecule has 0 fully saturated rings. The minimum absolute atomic E-state index is 0.228. The van der Waals surface area contributed by atoms with Gasteiger partial charge in [-0.3, -0.25) is 9.59 Å². The molecule has 16 heavy (non-hydrogen) atoms. The number of hydrogen-bond acceptors (Lipinski definition) is 6. The van der Waals surface area contributed by atoms with Crippen molar-refractivity contribution in [3.8, 4) is 0 Å². The summed E-state index contributed by atoms with van der Waals surface area (Å²) in [5.74, 6) is -2.19. The molecule has 0 bridgehead atoms. The van der Waals surface area contributed by atoms with Crippen LogP contribution in [0.1, 0.15) is 0 Å². The summed E-state index contributed by atoms with van der Waals surface area (Å²) < 4.78 is 9.53. The fraction of sp³-hybridized carbons (Fsp3) is 0.444. The molecule has 0 unspecified atom stereocenters. The van der Waals surface area contributed by atoms with E-state index >= 15 is 0 Å². The van der Waals surface area contributed by atoms with Gasteiger partial charge in [-0.2, -0.15) is 0 Å². The summed E-state index contributed by atoms with van der Waals surface area (Å²) in [6.45, 7) is 0.225. The zero-order valence-corrected chi connectivity index (χ0v) is 8.67. The lowest BCUT2D eigenvalue weighted by molar-refractivity contribution is -0.199. The third-order valence-electron chi connectivity index (χ3n) is 1.61. The molecule has 1 rings (SSSR count). The molecule has 0 aliphatic carbocycles. The number of amides is 2. The Morgan fingerprint density at radius 1 is 1.25 bits per heavy atom. The first-order valence-corrected chi connectivity index (χ1v) is 4.48. The van der Waals surface area contributed by atoms with Gasteiger partial charge in [0.05, 0.1) is 13.2 Å². The van der Waals surface area contributed by atoms with E-state index < -0.39 is 17.8 Å². The maximum Gasteiger partial charge on any atom is 0.358 e. The first-order valence-electron chi connectivity index (χ1n) is 4.48. The van der Waals surface area contributed by atoms with Gasteiger partial charge in [0.15, 0.2) is 0 Å². The molecule has 0 aromatic carbocycles. The molecule has 0 aromatic rings. The second kappa shape index (κ2) is 5.99. The number of ether oxygens (including phenoxy) is 2. The zero-order chi connectivity index (χ0) is 12.0.